The first-order valence-electron chi connectivity index (χ1n) is 5.10. The van der Waals surface area contributed by atoms with Crippen LogP contribution in [0.4, 0.5) is 11.4 Å². The fourth-order valence-electron chi connectivity index (χ4n) is 1.46. The Morgan fingerprint density at radius 2 is 2.18 bits per heavy atom. The van der Waals surface area contributed by atoms with Gasteiger partial charge in [0.05, 0.1) is 22.3 Å². The van der Waals surface area contributed by atoms with Gasteiger partial charge in [0, 0.05) is 17.5 Å². The maximum Gasteiger partial charge on any atom is 0.121 e. The third-order valence-corrected chi connectivity index (χ3v) is 3.96. The van der Waals surface area contributed by atoms with Crippen molar-refractivity contribution in [2.24, 2.45) is 0 Å². The molecule has 0 radical (unpaired) electrons. The molecule has 0 bridgehead atoms. The molecule has 5 heteroatoms. The second-order valence-corrected chi connectivity index (χ2v) is 6.06. The number of anilines is 2. The number of hydrogen-bond acceptors (Lipinski definition) is 4. The predicted octanol–water partition coefficient (Wildman–Crippen LogP) is 3.71. The highest BCUT2D eigenvalue weighted by atomic mass is 79.9. The fourth-order valence-corrected chi connectivity index (χ4v) is 2.88. The molecule has 1 aromatic carbocycles. The van der Waals surface area contributed by atoms with Crippen LogP contribution >= 0.6 is 27.3 Å². The summed E-state index contributed by atoms with van der Waals surface area (Å²) in [5.74, 6) is 0.770. The minimum absolute atomic E-state index is 0.694. The van der Waals surface area contributed by atoms with Crippen LogP contribution in [0.3, 0.4) is 0 Å². The summed E-state index contributed by atoms with van der Waals surface area (Å²) in [6.07, 6.45) is 0. The zero-order chi connectivity index (χ0) is 12.3. The molecule has 2 rings (SSSR count). The number of benzene rings is 1. The predicted molar refractivity (Wildman–Crippen MR) is 76.8 cm³/mol. The fraction of sp³-hybridized carbons (Fsp3) is 0.167. The van der Waals surface area contributed by atoms with Crippen LogP contribution in [0, 0.1) is 0 Å². The summed E-state index contributed by atoms with van der Waals surface area (Å²) in [6.45, 7) is 0.771. The number of hydrogen-bond donors (Lipinski definition) is 2. The van der Waals surface area contributed by atoms with E-state index in [1.54, 1.807) is 18.4 Å². The Hall–Kier alpha value is -1.20. The molecule has 0 amide bonds. The number of nitrogens with one attached hydrogen (secondary N) is 1. The Labute approximate surface area is 113 Å². The van der Waals surface area contributed by atoms with Gasteiger partial charge < -0.3 is 15.8 Å². The van der Waals surface area contributed by atoms with Gasteiger partial charge in [-0.1, -0.05) is 0 Å². The largest absolute Gasteiger partial charge is 0.497 e. The first-order valence-corrected chi connectivity index (χ1v) is 6.71. The highest BCUT2D eigenvalue weighted by molar-refractivity contribution is 9.11. The molecule has 3 N–H and O–H groups in total. The van der Waals surface area contributed by atoms with Crippen molar-refractivity contribution in [2.75, 3.05) is 18.2 Å². The first-order chi connectivity index (χ1) is 8.19. The van der Waals surface area contributed by atoms with Gasteiger partial charge in [-0.25, -0.2) is 0 Å². The minimum Gasteiger partial charge on any atom is -0.497 e. The van der Waals surface area contributed by atoms with Crippen LogP contribution in [0.25, 0.3) is 0 Å². The van der Waals surface area contributed by atoms with Crippen molar-refractivity contribution in [3.63, 3.8) is 0 Å². The topological polar surface area (TPSA) is 47.3 Å². The van der Waals surface area contributed by atoms with Gasteiger partial charge >= 0.3 is 0 Å². The molecule has 0 saturated heterocycles. The van der Waals surface area contributed by atoms with Gasteiger partial charge in [-0.15, -0.1) is 11.3 Å². The van der Waals surface area contributed by atoms with Gasteiger partial charge in [0.25, 0.3) is 0 Å². The van der Waals surface area contributed by atoms with Gasteiger partial charge in [0.15, 0.2) is 0 Å². The normalized spacial score (nSPS) is 10.2. The maximum absolute atomic E-state index is 5.92. The summed E-state index contributed by atoms with van der Waals surface area (Å²) in [4.78, 5) is 1.26. The van der Waals surface area contributed by atoms with Crippen LogP contribution < -0.4 is 15.8 Å². The number of ether oxygens (including phenoxy) is 1. The van der Waals surface area contributed by atoms with Crippen molar-refractivity contribution < 1.29 is 4.74 Å². The lowest BCUT2D eigenvalue weighted by atomic mass is 10.2. The number of nitrogen functional groups attached to an aromatic ring is 1. The third kappa shape index (κ3) is 3.14. The smallest absolute Gasteiger partial charge is 0.121 e. The molecule has 0 atom stereocenters. The van der Waals surface area contributed by atoms with Gasteiger partial charge in [0.2, 0.25) is 0 Å². The minimum atomic E-state index is 0.694. The summed E-state index contributed by atoms with van der Waals surface area (Å²) < 4.78 is 6.24. The van der Waals surface area contributed by atoms with E-state index in [9.17, 15) is 0 Å². The summed E-state index contributed by atoms with van der Waals surface area (Å²) in [7, 11) is 1.63. The van der Waals surface area contributed by atoms with Crippen LogP contribution in [-0.2, 0) is 6.54 Å². The highest BCUT2D eigenvalue weighted by Crippen LogP contribution is 2.26. The zero-order valence-electron chi connectivity index (χ0n) is 9.37. The van der Waals surface area contributed by atoms with Crippen molar-refractivity contribution in [3.8, 4) is 5.75 Å². The molecule has 2 aromatic rings. The van der Waals surface area contributed by atoms with Crippen molar-refractivity contribution in [1.29, 1.82) is 0 Å². The molecule has 90 valence electrons. The van der Waals surface area contributed by atoms with Crippen molar-refractivity contribution in [2.45, 2.75) is 6.54 Å². The Morgan fingerprint density at radius 1 is 1.35 bits per heavy atom. The van der Waals surface area contributed by atoms with E-state index in [1.807, 2.05) is 24.3 Å². The van der Waals surface area contributed by atoms with E-state index >= 15 is 0 Å². The van der Waals surface area contributed by atoms with Crippen LogP contribution in [0.5, 0.6) is 5.75 Å². The van der Waals surface area contributed by atoms with Crippen molar-refractivity contribution >= 4 is 38.6 Å². The summed E-state index contributed by atoms with van der Waals surface area (Å²) in [6, 6.07) is 9.76. The molecule has 1 heterocycles. The molecule has 0 aliphatic heterocycles. The van der Waals surface area contributed by atoms with Crippen LogP contribution in [0.15, 0.2) is 34.1 Å². The number of thiophene rings is 1. The Bertz CT molecular complexity index is 513. The molecular formula is C12H13BrN2OS. The summed E-state index contributed by atoms with van der Waals surface area (Å²) in [5.41, 5.74) is 7.54. The Kier molecular flexibility index (Phi) is 3.91. The standard InChI is InChI=1S/C12H13BrN2OS/c1-16-8-2-4-11(10(14)6-8)15-7-9-3-5-12(13)17-9/h2-6,15H,7,14H2,1H3. The number of methoxy groups -OCH3 is 1. The average Bonchev–Trinajstić information content (AvgIpc) is 2.73. The quantitative estimate of drug-likeness (QED) is 0.846. The lowest BCUT2D eigenvalue weighted by Gasteiger charge is -2.09. The molecule has 0 aliphatic rings. The van der Waals surface area contributed by atoms with E-state index in [-0.39, 0.29) is 0 Å². The zero-order valence-corrected chi connectivity index (χ0v) is 11.8. The second-order valence-electron chi connectivity index (χ2n) is 3.51. The van der Waals surface area contributed by atoms with E-state index in [4.69, 9.17) is 10.5 Å². The molecule has 17 heavy (non-hydrogen) atoms. The Balaban J connectivity index is 2.04. The van der Waals surface area contributed by atoms with Crippen LogP contribution in [-0.4, -0.2) is 7.11 Å². The highest BCUT2D eigenvalue weighted by Gasteiger charge is 2.02. The summed E-state index contributed by atoms with van der Waals surface area (Å²) >= 11 is 5.15. The van der Waals surface area contributed by atoms with Gasteiger partial charge in [-0.3, -0.25) is 0 Å². The number of halogens is 1. The van der Waals surface area contributed by atoms with E-state index in [2.05, 4.69) is 27.3 Å². The van der Waals surface area contributed by atoms with Crippen molar-refractivity contribution in [3.05, 3.63) is 39.0 Å². The maximum atomic E-state index is 5.92. The van der Waals surface area contributed by atoms with E-state index in [0.29, 0.717) is 5.69 Å². The lowest BCUT2D eigenvalue weighted by molar-refractivity contribution is 0.415. The molecule has 0 unspecified atom stereocenters. The molecule has 0 saturated carbocycles. The van der Waals surface area contributed by atoms with Crippen LogP contribution in [0.1, 0.15) is 4.88 Å². The third-order valence-electron chi connectivity index (χ3n) is 2.34. The molecular weight excluding hydrogens is 300 g/mol. The van der Waals surface area contributed by atoms with Gasteiger partial charge in [0.1, 0.15) is 5.75 Å². The van der Waals surface area contributed by atoms with E-state index < -0.39 is 0 Å². The van der Waals surface area contributed by atoms with Crippen LogP contribution in [0.2, 0.25) is 0 Å². The molecule has 0 spiro atoms. The molecule has 3 nitrogen and oxygen atoms in total. The average molecular weight is 313 g/mol. The van der Waals surface area contributed by atoms with Gasteiger partial charge in [-0.05, 0) is 40.2 Å². The Morgan fingerprint density at radius 3 is 2.76 bits per heavy atom. The molecule has 0 fully saturated rings. The lowest BCUT2D eigenvalue weighted by Crippen LogP contribution is -2.01. The van der Waals surface area contributed by atoms with E-state index in [0.717, 1.165) is 21.8 Å². The van der Waals surface area contributed by atoms with Gasteiger partial charge in [-0.2, -0.15) is 0 Å². The summed E-state index contributed by atoms with van der Waals surface area (Å²) in [5, 5.41) is 3.30. The molecule has 1 aromatic heterocycles. The van der Waals surface area contributed by atoms with Crippen molar-refractivity contribution in [1.82, 2.24) is 0 Å². The number of nitrogens with two attached hydrogens (primary N) is 1. The van der Waals surface area contributed by atoms with E-state index in [1.165, 1.54) is 4.88 Å². The SMILES string of the molecule is COc1ccc(NCc2ccc(Br)s2)c(N)c1. The first kappa shape index (κ1) is 12.3. The number of rotatable bonds is 4. The monoisotopic (exact) mass is 312 g/mol. The second kappa shape index (κ2) is 5.42. The molecule has 0 aliphatic carbocycles.